The molecule has 0 radical (unpaired) electrons. The van der Waals surface area contributed by atoms with Gasteiger partial charge in [-0.05, 0) is 283 Å². The first kappa shape index (κ1) is 104. The maximum absolute atomic E-state index is 15.3. The summed E-state index contributed by atoms with van der Waals surface area (Å²) in [5.74, 6) is -37.6. The number of nitrogens with zero attached hydrogens (tertiary/aromatic N) is 3. The molecular formula is C95H95F19N10O12. The van der Waals surface area contributed by atoms with Crippen LogP contribution >= 0.6 is 0 Å². The van der Waals surface area contributed by atoms with Gasteiger partial charge < -0.3 is 62.0 Å². The number of piperidine rings is 2. The van der Waals surface area contributed by atoms with Gasteiger partial charge in [0, 0.05) is 92.5 Å². The van der Waals surface area contributed by atoms with E-state index in [9.17, 15) is 119 Å². The minimum atomic E-state index is -4.45. The van der Waals surface area contributed by atoms with Crippen LogP contribution in [0.15, 0.2) is 133 Å². The van der Waals surface area contributed by atoms with Crippen molar-refractivity contribution in [2.24, 2.45) is 5.41 Å². The highest BCUT2D eigenvalue weighted by molar-refractivity contribution is 6.07. The Morgan fingerprint density at radius 2 is 0.713 bits per heavy atom. The van der Waals surface area contributed by atoms with Gasteiger partial charge in [-0.3, -0.25) is 38.4 Å². The van der Waals surface area contributed by atoms with Crippen LogP contribution in [0.5, 0.6) is 0 Å². The highest BCUT2D eigenvalue weighted by atomic mass is 19.3. The van der Waals surface area contributed by atoms with E-state index in [1.54, 1.807) is 20.8 Å². The minimum Gasteiger partial charge on any atom is -0.444 e. The summed E-state index contributed by atoms with van der Waals surface area (Å²) in [5.41, 5.74) is -13.3. The molecule has 1 aromatic heterocycles. The van der Waals surface area contributed by atoms with Gasteiger partial charge in [-0.15, -0.1) is 0 Å². The molecule has 6 fully saturated rings. The molecule has 3 heterocycles. The second kappa shape index (κ2) is 39.2. The average molecular weight is 1930 g/mol. The van der Waals surface area contributed by atoms with Crippen molar-refractivity contribution in [1.82, 2.24) is 30.7 Å². The number of ether oxygens (including phenoxy) is 1. The first-order chi connectivity index (χ1) is 63.0. The fourth-order valence-corrected chi connectivity index (χ4v) is 17.3. The van der Waals surface area contributed by atoms with E-state index in [1.165, 1.54) is 58.0 Å². The Balaban J connectivity index is 0.000000175. The third-order valence-electron chi connectivity index (χ3n) is 24.7. The van der Waals surface area contributed by atoms with E-state index in [-0.39, 0.29) is 88.5 Å². The topological polar surface area (TPSA) is 307 Å². The van der Waals surface area contributed by atoms with Crippen LogP contribution < -0.4 is 37.2 Å². The van der Waals surface area contributed by atoms with E-state index in [1.807, 2.05) is 0 Å². The maximum atomic E-state index is 15.3. The summed E-state index contributed by atoms with van der Waals surface area (Å²) in [5, 5.41) is 36.4. The van der Waals surface area contributed by atoms with Crippen molar-refractivity contribution >= 4 is 76.1 Å². The Hall–Kier alpha value is -12.7. The molecule has 14 rings (SSSR count). The summed E-state index contributed by atoms with van der Waals surface area (Å²) >= 11 is 0. The van der Waals surface area contributed by atoms with Gasteiger partial charge in [-0.1, -0.05) is 6.92 Å². The molecule has 7 aromatic carbocycles. The lowest BCUT2D eigenvalue weighted by Gasteiger charge is -2.39. The van der Waals surface area contributed by atoms with Gasteiger partial charge in [0.15, 0.2) is 23.0 Å². The zero-order valence-electron chi connectivity index (χ0n) is 74.7. The lowest BCUT2D eigenvalue weighted by molar-refractivity contribution is -0.167. The van der Waals surface area contributed by atoms with Crippen molar-refractivity contribution in [2.45, 2.75) is 216 Å². The van der Waals surface area contributed by atoms with Crippen molar-refractivity contribution in [2.75, 3.05) is 47.4 Å². The van der Waals surface area contributed by atoms with Crippen LogP contribution in [0.3, 0.4) is 0 Å². The Bertz CT molecular complexity index is 5960. The van der Waals surface area contributed by atoms with E-state index in [2.05, 4.69) is 49.1 Å². The number of pyridine rings is 1. The molecule has 22 nitrogen and oxygen atoms in total. The molecule has 136 heavy (non-hydrogen) atoms. The summed E-state index contributed by atoms with van der Waals surface area (Å²) < 4.78 is 279. The summed E-state index contributed by atoms with van der Waals surface area (Å²) in [4.78, 5) is 117. The van der Waals surface area contributed by atoms with Gasteiger partial charge in [0.1, 0.15) is 40.5 Å². The summed E-state index contributed by atoms with van der Waals surface area (Å²) in [6, 6.07) is 20.5. The molecule has 2 aliphatic heterocycles. The maximum Gasteiger partial charge on any atom is 0.408 e. The number of amides is 9. The number of aliphatic hydroxyl groups excluding tert-OH is 2. The van der Waals surface area contributed by atoms with Crippen molar-refractivity contribution in [1.29, 1.82) is 0 Å². The molecule has 9 N–H and O–H groups in total. The van der Waals surface area contributed by atoms with Gasteiger partial charge in [-0.2, -0.15) is 39.5 Å². The molecule has 0 spiro atoms. The molecule has 6 aliphatic rings. The monoisotopic (exact) mass is 1930 g/mol. The molecule has 730 valence electrons. The number of nitrogens with one attached hydrogen (secondary N) is 7. The fraction of sp³-hybridized carbons (Fsp3) is 0.411. The average Bonchev–Trinajstić information content (AvgIpc) is 1.59. The van der Waals surface area contributed by atoms with Crippen LogP contribution in [0.2, 0.25) is 0 Å². The van der Waals surface area contributed by atoms with Crippen LogP contribution in [0.1, 0.15) is 205 Å². The third kappa shape index (κ3) is 23.5. The SMILES string of the molecule is Cc1cc(NC(=O)c2ccc(F)c(C(F)(F)C(=O)N3CCC(O)C(C)(F)C3)c2)cc(F)c1F.Cc1cc(NC(=O)c2ccc(F)c(C(F)(F)C(=O)N3CCC(O)C(C)(F)C3)c2)cc(F)n1.Cc1cc(NC(=O)c2ccc(F)c(C(F)(F)C(=O)NC34CCC(C)(CC3)C4)c2)ccc1F.Cc1cc(NC(=O)c2ccc(F)c(C(F)(F)C(=O)NC34CCC(NC(=O)OC(C)(C)C)(CC3)C4)c2)ccc1F. The number of hydrogen-bond acceptors (Lipinski definition) is 13. The van der Waals surface area contributed by atoms with Gasteiger partial charge in [0.25, 0.3) is 47.3 Å². The van der Waals surface area contributed by atoms with Crippen molar-refractivity contribution in [3.05, 3.63) is 253 Å². The second-order valence-electron chi connectivity index (χ2n) is 36.9. The van der Waals surface area contributed by atoms with E-state index in [0.717, 1.165) is 81.3 Å². The van der Waals surface area contributed by atoms with Gasteiger partial charge in [-0.25, -0.2) is 53.7 Å². The second-order valence-corrected chi connectivity index (χ2v) is 36.9. The van der Waals surface area contributed by atoms with Gasteiger partial charge in [0.2, 0.25) is 5.95 Å². The number of carbonyl (C=O) groups is 9. The van der Waals surface area contributed by atoms with Crippen LogP contribution in [-0.2, 0) is 47.6 Å². The number of fused-ring (bicyclic) bond motifs is 4. The highest BCUT2D eigenvalue weighted by Crippen LogP contribution is 2.57. The highest BCUT2D eigenvalue weighted by Gasteiger charge is 2.60. The summed E-state index contributed by atoms with van der Waals surface area (Å²) in [6.45, 7) is 12.6. The number of alkyl carbamates (subject to hydrolysis) is 1. The van der Waals surface area contributed by atoms with Crippen molar-refractivity contribution < 1.29 is 142 Å². The Morgan fingerprint density at radius 3 is 1.04 bits per heavy atom. The van der Waals surface area contributed by atoms with Crippen LogP contribution in [-0.4, -0.2) is 150 Å². The molecule has 4 atom stereocenters. The number of aromatic nitrogens is 1. The van der Waals surface area contributed by atoms with Crippen LogP contribution in [0.25, 0.3) is 0 Å². The minimum absolute atomic E-state index is 0.00261. The number of hydrogen-bond donors (Lipinski definition) is 9. The predicted molar refractivity (Wildman–Crippen MR) is 457 cm³/mol. The smallest absolute Gasteiger partial charge is 0.408 e. The van der Waals surface area contributed by atoms with Crippen LogP contribution in [0, 0.1) is 85.6 Å². The Labute approximate surface area is 766 Å². The standard InChI is InChI=1S/C28H31F4N3O4.C24H24F4N2O2.C22H20F6N2O3.C21H20F5N3O3/c1-16-13-18(6-8-20(16)29)33-22(36)17-5-7-21(30)19(14-17)28(31,32)23(37)34-26-9-11-27(15-26,12-10-26)35-24(38)39-25(2,3)4;1-14-11-16(4-6-18(14)25)29-20(31)15-3-5-19(26)17(12-15)24(27,28)21(32)30-23-9-7-22(2,13-23)8-10-23;1-11-7-13(9-16(24)18(11)25)29-19(32)12-3-4-15(23)14(8-12)22(27,28)20(33)30-6-5-17(31)21(2,26)10-30;1-11-7-13(9-17(23)27-11)28-18(31)12-3-4-15(22)14(8-12)21(25,26)19(32)29-6-5-16(30)20(2,24)10-29/h5-8,13-14H,9-12,15H2,1-4H3,(H,33,36)(H,34,37)(H,35,38);3-6,11-12H,7-10,13H2,1-2H3,(H,29,31)(H,30,32);3-4,7-9,17,31H,5-6,10H2,1-2H3,(H,29,32);3-4,7-9,16,30H,5-6,10H2,1-2H3,(H,27,28,31). The van der Waals surface area contributed by atoms with Crippen LogP contribution in [0.4, 0.5) is 111 Å². The van der Waals surface area contributed by atoms with Gasteiger partial charge >= 0.3 is 29.8 Å². The predicted octanol–water partition coefficient (Wildman–Crippen LogP) is 18.6. The third-order valence-corrected chi connectivity index (χ3v) is 24.7. The number of rotatable bonds is 19. The van der Waals surface area contributed by atoms with E-state index < -0.39 is 222 Å². The fourth-order valence-electron chi connectivity index (χ4n) is 17.3. The number of alkyl halides is 10. The van der Waals surface area contributed by atoms with E-state index in [4.69, 9.17) is 4.74 Å². The summed E-state index contributed by atoms with van der Waals surface area (Å²) in [7, 11) is 0. The molecule has 4 unspecified atom stereocenters. The number of likely N-dealkylation sites (tertiary alicyclic amines) is 2. The zero-order valence-corrected chi connectivity index (χ0v) is 74.7. The first-order valence-electron chi connectivity index (χ1n) is 42.6. The van der Waals surface area contributed by atoms with E-state index >= 15 is 17.6 Å². The van der Waals surface area contributed by atoms with E-state index in [0.29, 0.717) is 109 Å². The molecule has 8 aromatic rings. The lowest BCUT2D eigenvalue weighted by atomic mass is 9.86. The number of benzene rings is 7. The lowest BCUT2D eigenvalue weighted by Crippen LogP contribution is -2.56. The molecule has 4 aliphatic carbocycles. The Morgan fingerprint density at radius 1 is 0.390 bits per heavy atom. The molecule has 4 bridgehead atoms. The quantitative estimate of drug-likeness (QED) is 0.0269. The molecular weight excluding hydrogens is 1830 g/mol. The number of anilines is 4. The Kier molecular flexibility index (Phi) is 29.9. The first-order valence-corrected chi connectivity index (χ1v) is 42.6. The van der Waals surface area contributed by atoms with Crippen molar-refractivity contribution in [3.63, 3.8) is 0 Å². The molecule has 9 amide bonds. The number of aliphatic hydroxyl groups is 2. The number of carbonyl (C=O) groups excluding carboxylic acids is 9. The number of halogens is 19. The molecule has 2 saturated heterocycles. The zero-order chi connectivity index (χ0) is 101. The molecule has 41 heteroatoms. The molecule has 4 saturated carbocycles. The number of aryl methyl sites for hydroxylation is 4. The normalized spacial score (nSPS) is 22.3. The van der Waals surface area contributed by atoms with Gasteiger partial charge in [0.05, 0.1) is 47.6 Å². The summed E-state index contributed by atoms with van der Waals surface area (Å²) in [6.07, 6.45) is 1.41. The van der Waals surface area contributed by atoms with Crippen molar-refractivity contribution in [3.8, 4) is 0 Å². The largest absolute Gasteiger partial charge is 0.444 e.